The van der Waals surface area contributed by atoms with Crippen LogP contribution in [0.5, 0.6) is 0 Å². The molecule has 3 heteroatoms. The molecule has 0 atom stereocenters. The Kier molecular flexibility index (Phi) is 4.72. The molecule has 0 aromatic heterocycles. The average molecular weight is 289 g/mol. The van der Waals surface area contributed by atoms with Crippen molar-refractivity contribution in [1.29, 1.82) is 0 Å². The molecule has 21 heavy (non-hydrogen) atoms. The lowest BCUT2D eigenvalue weighted by Crippen LogP contribution is -2.35. The lowest BCUT2D eigenvalue weighted by molar-refractivity contribution is -0.143. The van der Waals surface area contributed by atoms with Gasteiger partial charge < -0.3 is 5.11 Å². The van der Waals surface area contributed by atoms with Gasteiger partial charge in [0.2, 0.25) is 0 Å². The van der Waals surface area contributed by atoms with Crippen LogP contribution in [0.3, 0.4) is 0 Å². The van der Waals surface area contributed by atoms with Crippen LogP contribution in [0.4, 0.5) is 0 Å². The molecule has 1 heterocycles. The van der Waals surface area contributed by atoms with Crippen LogP contribution < -0.4 is 0 Å². The highest BCUT2D eigenvalue weighted by Gasteiger charge is 2.24. The molecule has 1 aliphatic heterocycles. The molecule has 1 saturated heterocycles. The Morgan fingerprint density at radius 3 is 2.38 bits per heavy atom. The first kappa shape index (κ1) is 16.0. The Morgan fingerprint density at radius 1 is 1.24 bits per heavy atom. The predicted octanol–water partition coefficient (Wildman–Crippen LogP) is 3.59. The standard InChI is InChI=1S/C18H27NO2/c1-13-9-14(11-16(10-13)18(2,3)4)12-19-7-5-15(6-8-19)17(20)21/h9-11,15H,5-8,12H2,1-4H3,(H,20,21). The Labute approximate surface area is 128 Å². The number of likely N-dealkylation sites (tertiary alicyclic amines) is 1. The zero-order chi connectivity index (χ0) is 15.6. The average Bonchev–Trinajstić information content (AvgIpc) is 2.37. The van der Waals surface area contributed by atoms with E-state index >= 15 is 0 Å². The van der Waals surface area contributed by atoms with Gasteiger partial charge in [0.25, 0.3) is 0 Å². The van der Waals surface area contributed by atoms with Crippen molar-refractivity contribution in [2.24, 2.45) is 5.92 Å². The summed E-state index contributed by atoms with van der Waals surface area (Å²) in [7, 11) is 0. The number of carboxylic acids is 1. The van der Waals surface area contributed by atoms with E-state index in [2.05, 4.69) is 50.8 Å². The van der Waals surface area contributed by atoms with E-state index in [1.165, 1.54) is 16.7 Å². The molecule has 1 aromatic rings. The van der Waals surface area contributed by atoms with Gasteiger partial charge in [-0.1, -0.05) is 44.5 Å². The van der Waals surface area contributed by atoms with Crippen molar-refractivity contribution in [3.8, 4) is 0 Å². The van der Waals surface area contributed by atoms with Gasteiger partial charge in [-0.2, -0.15) is 0 Å². The molecule has 0 unspecified atom stereocenters. The Hall–Kier alpha value is -1.35. The van der Waals surface area contributed by atoms with Crippen LogP contribution in [-0.2, 0) is 16.8 Å². The molecule has 3 nitrogen and oxygen atoms in total. The Bertz CT molecular complexity index is 508. The monoisotopic (exact) mass is 289 g/mol. The van der Waals surface area contributed by atoms with Crippen LogP contribution in [0, 0.1) is 12.8 Å². The molecule has 2 rings (SSSR count). The number of rotatable bonds is 3. The van der Waals surface area contributed by atoms with Crippen LogP contribution in [-0.4, -0.2) is 29.1 Å². The summed E-state index contributed by atoms with van der Waals surface area (Å²) >= 11 is 0. The van der Waals surface area contributed by atoms with Crippen LogP contribution in [0.2, 0.25) is 0 Å². The number of hydrogen-bond acceptors (Lipinski definition) is 2. The van der Waals surface area contributed by atoms with Crippen LogP contribution in [0.1, 0.15) is 50.3 Å². The highest BCUT2D eigenvalue weighted by Crippen LogP contribution is 2.26. The maximum Gasteiger partial charge on any atom is 0.306 e. The number of carboxylic acid groups (broad SMARTS) is 1. The van der Waals surface area contributed by atoms with E-state index in [0.717, 1.165) is 32.5 Å². The highest BCUT2D eigenvalue weighted by atomic mass is 16.4. The number of benzene rings is 1. The molecule has 1 aromatic carbocycles. The third-order valence-corrected chi connectivity index (χ3v) is 4.35. The van der Waals surface area contributed by atoms with Gasteiger partial charge in [0.15, 0.2) is 0 Å². The summed E-state index contributed by atoms with van der Waals surface area (Å²) < 4.78 is 0. The minimum Gasteiger partial charge on any atom is -0.481 e. The molecule has 1 fully saturated rings. The molecule has 0 radical (unpaired) electrons. The fourth-order valence-corrected chi connectivity index (χ4v) is 2.98. The Morgan fingerprint density at radius 2 is 1.86 bits per heavy atom. The lowest BCUT2D eigenvalue weighted by Gasteiger charge is -2.30. The maximum absolute atomic E-state index is 11.0. The molecule has 0 saturated carbocycles. The van der Waals surface area contributed by atoms with Crippen LogP contribution in [0.15, 0.2) is 18.2 Å². The topological polar surface area (TPSA) is 40.5 Å². The lowest BCUT2D eigenvalue weighted by atomic mass is 9.85. The van der Waals surface area contributed by atoms with Crippen LogP contribution in [0.25, 0.3) is 0 Å². The van der Waals surface area contributed by atoms with Gasteiger partial charge >= 0.3 is 5.97 Å². The largest absolute Gasteiger partial charge is 0.481 e. The fraction of sp³-hybridized carbons (Fsp3) is 0.611. The summed E-state index contributed by atoms with van der Waals surface area (Å²) in [6.07, 6.45) is 1.54. The van der Waals surface area contributed by atoms with Crippen molar-refractivity contribution < 1.29 is 9.90 Å². The minimum atomic E-state index is -0.639. The molecular weight excluding hydrogens is 262 g/mol. The number of aliphatic carboxylic acids is 1. The van der Waals surface area contributed by atoms with E-state index < -0.39 is 5.97 Å². The number of carbonyl (C=O) groups is 1. The number of piperidine rings is 1. The third kappa shape index (κ3) is 4.31. The fourth-order valence-electron chi connectivity index (χ4n) is 2.98. The van der Waals surface area contributed by atoms with E-state index in [0.29, 0.717) is 0 Å². The second-order valence-corrected chi connectivity index (χ2v) is 7.35. The van der Waals surface area contributed by atoms with Crippen LogP contribution >= 0.6 is 0 Å². The molecule has 116 valence electrons. The van der Waals surface area contributed by atoms with E-state index in [-0.39, 0.29) is 11.3 Å². The summed E-state index contributed by atoms with van der Waals surface area (Å²) in [6, 6.07) is 6.81. The molecule has 0 aliphatic carbocycles. The minimum absolute atomic E-state index is 0.149. The zero-order valence-electron chi connectivity index (χ0n) is 13.6. The van der Waals surface area contributed by atoms with E-state index in [4.69, 9.17) is 5.11 Å². The van der Waals surface area contributed by atoms with Crippen molar-refractivity contribution >= 4 is 5.97 Å². The first-order chi connectivity index (χ1) is 9.75. The van der Waals surface area contributed by atoms with E-state index in [1.54, 1.807) is 0 Å². The van der Waals surface area contributed by atoms with Gasteiger partial charge in [0.1, 0.15) is 0 Å². The second-order valence-electron chi connectivity index (χ2n) is 7.35. The predicted molar refractivity (Wildman–Crippen MR) is 85.5 cm³/mol. The van der Waals surface area contributed by atoms with Gasteiger partial charge in [-0.3, -0.25) is 9.69 Å². The summed E-state index contributed by atoms with van der Waals surface area (Å²) in [6.45, 7) is 11.6. The summed E-state index contributed by atoms with van der Waals surface area (Å²) in [4.78, 5) is 13.4. The van der Waals surface area contributed by atoms with Crippen molar-refractivity contribution in [3.63, 3.8) is 0 Å². The first-order valence-corrected chi connectivity index (χ1v) is 7.82. The quantitative estimate of drug-likeness (QED) is 0.924. The van der Waals surface area contributed by atoms with E-state index in [1.807, 2.05) is 0 Å². The molecule has 1 N–H and O–H groups in total. The number of aryl methyl sites for hydroxylation is 1. The van der Waals surface area contributed by atoms with Gasteiger partial charge in [0.05, 0.1) is 5.92 Å². The van der Waals surface area contributed by atoms with Crippen molar-refractivity contribution in [2.45, 2.75) is 52.5 Å². The first-order valence-electron chi connectivity index (χ1n) is 7.82. The molecular formula is C18H27NO2. The summed E-state index contributed by atoms with van der Waals surface area (Å²) in [5, 5.41) is 9.06. The number of nitrogens with zero attached hydrogens (tertiary/aromatic N) is 1. The normalized spacial score (nSPS) is 17.9. The zero-order valence-corrected chi connectivity index (χ0v) is 13.6. The second kappa shape index (κ2) is 6.18. The third-order valence-electron chi connectivity index (χ3n) is 4.35. The molecule has 0 spiro atoms. The summed E-state index contributed by atoms with van der Waals surface area (Å²) in [5.41, 5.74) is 4.18. The highest BCUT2D eigenvalue weighted by molar-refractivity contribution is 5.70. The van der Waals surface area contributed by atoms with E-state index in [9.17, 15) is 4.79 Å². The van der Waals surface area contributed by atoms with Gasteiger partial charge in [-0.05, 0) is 49.4 Å². The summed E-state index contributed by atoms with van der Waals surface area (Å²) in [5.74, 6) is -0.788. The van der Waals surface area contributed by atoms with Gasteiger partial charge in [0, 0.05) is 6.54 Å². The molecule has 1 aliphatic rings. The van der Waals surface area contributed by atoms with Crippen molar-refractivity contribution in [3.05, 3.63) is 34.9 Å². The van der Waals surface area contributed by atoms with Crippen molar-refractivity contribution in [1.82, 2.24) is 4.90 Å². The van der Waals surface area contributed by atoms with Gasteiger partial charge in [-0.25, -0.2) is 0 Å². The number of hydrogen-bond donors (Lipinski definition) is 1. The molecule has 0 amide bonds. The smallest absolute Gasteiger partial charge is 0.306 e. The SMILES string of the molecule is Cc1cc(CN2CCC(C(=O)O)CC2)cc(C(C)(C)C)c1. The van der Waals surface area contributed by atoms with Gasteiger partial charge in [-0.15, -0.1) is 0 Å². The molecule has 0 bridgehead atoms. The Balaban J connectivity index is 2.04. The van der Waals surface area contributed by atoms with Crippen molar-refractivity contribution in [2.75, 3.05) is 13.1 Å². The maximum atomic E-state index is 11.0.